The predicted molar refractivity (Wildman–Crippen MR) is 109 cm³/mol. The Morgan fingerprint density at radius 1 is 1.07 bits per heavy atom. The SMILES string of the molecule is C[C@H](NC(=O)c1cc2[nH]nc(NC(=O)c3ccccc3N)c2o1)c1ccccc1. The van der Waals surface area contributed by atoms with E-state index in [0.29, 0.717) is 16.8 Å². The molecule has 0 unspecified atom stereocenters. The van der Waals surface area contributed by atoms with E-state index in [1.54, 1.807) is 30.3 Å². The summed E-state index contributed by atoms with van der Waals surface area (Å²) in [7, 11) is 0. The number of furan rings is 1. The molecule has 2 amide bonds. The van der Waals surface area contributed by atoms with E-state index in [2.05, 4.69) is 20.8 Å². The number of carbonyl (C=O) groups excluding carboxylic acids is 2. The molecule has 146 valence electrons. The molecule has 0 bridgehead atoms. The number of rotatable bonds is 5. The highest BCUT2D eigenvalue weighted by Crippen LogP contribution is 2.26. The predicted octanol–water partition coefficient (Wildman–Crippen LogP) is 3.48. The number of carbonyl (C=O) groups is 2. The lowest BCUT2D eigenvalue weighted by molar-refractivity contribution is 0.0914. The Kier molecular flexibility index (Phi) is 4.74. The number of nitrogens with zero attached hydrogens (tertiary/aromatic N) is 1. The number of benzene rings is 2. The van der Waals surface area contributed by atoms with E-state index in [0.717, 1.165) is 5.56 Å². The fourth-order valence-corrected chi connectivity index (χ4v) is 2.98. The van der Waals surface area contributed by atoms with Crippen molar-refractivity contribution >= 4 is 34.4 Å². The Morgan fingerprint density at radius 2 is 1.79 bits per heavy atom. The third-order valence-corrected chi connectivity index (χ3v) is 4.54. The van der Waals surface area contributed by atoms with Crippen LogP contribution in [-0.4, -0.2) is 22.0 Å². The maximum absolute atomic E-state index is 12.6. The monoisotopic (exact) mass is 389 g/mol. The first kappa shape index (κ1) is 18.3. The molecule has 2 aromatic heterocycles. The molecule has 0 aliphatic rings. The quantitative estimate of drug-likeness (QED) is 0.389. The van der Waals surface area contributed by atoms with Crippen molar-refractivity contribution in [3.63, 3.8) is 0 Å². The zero-order valence-corrected chi connectivity index (χ0v) is 15.6. The van der Waals surface area contributed by atoms with Gasteiger partial charge in [-0.1, -0.05) is 42.5 Å². The number of H-pyrrole nitrogens is 1. The lowest BCUT2D eigenvalue weighted by atomic mass is 10.1. The summed E-state index contributed by atoms with van der Waals surface area (Å²) < 4.78 is 5.65. The molecule has 5 N–H and O–H groups in total. The van der Waals surface area contributed by atoms with Gasteiger partial charge in [-0.2, -0.15) is 5.10 Å². The molecule has 0 radical (unpaired) electrons. The molecule has 8 heteroatoms. The topological polar surface area (TPSA) is 126 Å². The summed E-state index contributed by atoms with van der Waals surface area (Å²) in [6.45, 7) is 1.89. The number of anilines is 2. The number of fused-ring (bicyclic) bond motifs is 1. The minimum absolute atomic E-state index is 0.117. The van der Waals surface area contributed by atoms with Crippen LogP contribution in [0.15, 0.2) is 65.1 Å². The van der Waals surface area contributed by atoms with Crippen LogP contribution in [0.4, 0.5) is 11.5 Å². The molecule has 8 nitrogen and oxygen atoms in total. The summed E-state index contributed by atoms with van der Waals surface area (Å²) in [4.78, 5) is 25.0. The normalized spacial score (nSPS) is 11.9. The summed E-state index contributed by atoms with van der Waals surface area (Å²) >= 11 is 0. The number of hydrogen-bond acceptors (Lipinski definition) is 5. The number of hydrogen-bond donors (Lipinski definition) is 4. The van der Waals surface area contributed by atoms with Crippen LogP contribution in [-0.2, 0) is 0 Å². The van der Waals surface area contributed by atoms with Gasteiger partial charge in [0, 0.05) is 11.8 Å². The first-order chi connectivity index (χ1) is 14.0. The van der Waals surface area contributed by atoms with E-state index in [1.807, 2.05) is 37.3 Å². The van der Waals surface area contributed by atoms with E-state index >= 15 is 0 Å². The molecule has 29 heavy (non-hydrogen) atoms. The molecule has 4 aromatic rings. The van der Waals surface area contributed by atoms with Crippen LogP contribution in [0.25, 0.3) is 11.1 Å². The highest BCUT2D eigenvalue weighted by molar-refractivity contribution is 6.10. The second-order valence-electron chi connectivity index (χ2n) is 6.57. The van der Waals surface area contributed by atoms with Crippen molar-refractivity contribution in [1.29, 1.82) is 0 Å². The van der Waals surface area contributed by atoms with Crippen LogP contribution >= 0.6 is 0 Å². The lowest BCUT2D eigenvalue weighted by Gasteiger charge is -2.12. The number of aromatic nitrogens is 2. The Hall–Kier alpha value is -4.07. The Morgan fingerprint density at radius 3 is 2.55 bits per heavy atom. The van der Waals surface area contributed by atoms with Gasteiger partial charge in [0.1, 0.15) is 5.52 Å². The largest absolute Gasteiger partial charge is 0.445 e. The molecule has 0 spiro atoms. The van der Waals surface area contributed by atoms with Crippen LogP contribution in [0.2, 0.25) is 0 Å². The molecule has 4 rings (SSSR count). The molecule has 0 saturated carbocycles. The van der Waals surface area contributed by atoms with Gasteiger partial charge in [-0.05, 0) is 24.6 Å². The fourth-order valence-electron chi connectivity index (χ4n) is 2.98. The van der Waals surface area contributed by atoms with Crippen LogP contribution in [0.3, 0.4) is 0 Å². The third-order valence-electron chi connectivity index (χ3n) is 4.54. The van der Waals surface area contributed by atoms with E-state index in [9.17, 15) is 9.59 Å². The molecule has 0 aliphatic heterocycles. The molecule has 0 aliphatic carbocycles. The van der Waals surface area contributed by atoms with Crippen molar-refractivity contribution in [3.8, 4) is 0 Å². The minimum atomic E-state index is -0.420. The van der Waals surface area contributed by atoms with E-state index in [4.69, 9.17) is 10.2 Å². The van der Waals surface area contributed by atoms with Crippen LogP contribution in [0, 0.1) is 0 Å². The second kappa shape index (κ2) is 7.51. The van der Waals surface area contributed by atoms with Crippen LogP contribution in [0.1, 0.15) is 39.4 Å². The van der Waals surface area contributed by atoms with Gasteiger partial charge in [-0.25, -0.2) is 0 Å². The molecular weight excluding hydrogens is 370 g/mol. The van der Waals surface area contributed by atoms with Crippen molar-refractivity contribution in [2.45, 2.75) is 13.0 Å². The number of para-hydroxylation sites is 1. The molecular formula is C21H19N5O3. The summed E-state index contributed by atoms with van der Waals surface area (Å²) in [6.07, 6.45) is 0. The van der Waals surface area contributed by atoms with Crippen molar-refractivity contribution < 1.29 is 14.0 Å². The lowest BCUT2D eigenvalue weighted by Crippen LogP contribution is -2.26. The average Bonchev–Trinajstić information content (AvgIpc) is 3.31. The van der Waals surface area contributed by atoms with Crippen molar-refractivity contribution in [3.05, 3.63) is 77.6 Å². The molecule has 1 atom stereocenters. The van der Waals surface area contributed by atoms with Gasteiger partial charge in [0.05, 0.1) is 11.6 Å². The molecule has 0 saturated heterocycles. The number of nitrogens with two attached hydrogens (primary N) is 1. The van der Waals surface area contributed by atoms with Crippen molar-refractivity contribution in [2.24, 2.45) is 0 Å². The highest BCUT2D eigenvalue weighted by Gasteiger charge is 2.20. The van der Waals surface area contributed by atoms with E-state index < -0.39 is 5.91 Å². The van der Waals surface area contributed by atoms with Gasteiger partial charge in [-0.15, -0.1) is 0 Å². The van der Waals surface area contributed by atoms with Gasteiger partial charge in [-0.3, -0.25) is 14.7 Å². The highest BCUT2D eigenvalue weighted by atomic mass is 16.3. The maximum Gasteiger partial charge on any atom is 0.287 e. The summed E-state index contributed by atoms with van der Waals surface area (Å²) in [5.74, 6) is -0.485. The smallest absolute Gasteiger partial charge is 0.287 e. The van der Waals surface area contributed by atoms with Gasteiger partial charge in [0.2, 0.25) is 0 Å². The molecule has 0 fully saturated rings. The zero-order valence-electron chi connectivity index (χ0n) is 15.6. The summed E-state index contributed by atoms with van der Waals surface area (Å²) in [5.41, 5.74) is 8.27. The summed E-state index contributed by atoms with van der Waals surface area (Å²) in [5, 5.41) is 12.3. The van der Waals surface area contributed by atoms with E-state index in [1.165, 1.54) is 0 Å². The van der Waals surface area contributed by atoms with Gasteiger partial charge >= 0.3 is 0 Å². The first-order valence-corrected chi connectivity index (χ1v) is 9.02. The number of amides is 2. The Balaban J connectivity index is 1.52. The first-order valence-electron chi connectivity index (χ1n) is 9.02. The average molecular weight is 389 g/mol. The number of aromatic amines is 1. The van der Waals surface area contributed by atoms with Gasteiger partial charge in [0.25, 0.3) is 11.8 Å². The zero-order chi connectivity index (χ0) is 20.4. The maximum atomic E-state index is 12.6. The number of nitrogen functional groups attached to an aromatic ring is 1. The van der Waals surface area contributed by atoms with Crippen molar-refractivity contribution in [1.82, 2.24) is 15.5 Å². The molecule has 2 aromatic carbocycles. The van der Waals surface area contributed by atoms with Crippen LogP contribution < -0.4 is 16.4 Å². The molecule has 2 heterocycles. The summed E-state index contributed by atoms with van der Waals surface area (Å²) in [6, 6.07) is 17.7. The number of nitrogens with one attached hydrogen (secondary N) is 3. The van der Waals surface area contributed by atoms with E-state index in [-0.39, 0.29) is 29.1 Å². The van der Waals surface area contributed by atoms with Crippen molar-refractivity contribution in [2.75, 3.05) is 11.1 Å². The minimum Gasteiger partial charge on any atom is -0.445 e. The Bertz CT molecular complexity index is 1180. The second-order valence-corrected chi connectivity index (χ2v) is 6.57. The van der Waals surface area contributed by atoms with Gasteiger partial charge < -0.3 is 20.8 Å². The Labute approximate surface area is 166 Å². The van der Waals surface area contributed by atoms with Crippen LogP contribution in [0.5, 0.6) is 0 Å². The van der Waals surface area contributed by atoms with Gasteiger partial charge in [0.15, 0.2) is 17.2 Å². The standard InChI is InChI=1S/C21H19N5O3/c1-12(13-7-3-2-4-8-13)23-21(28)17-11-16-18(29-17)19(26-25-16)24-20(27)14-9-5-6-10-15(14)22/h2-12H,22H2,1H3,(H,23,28)(H2,24,25,26,27)/t12-/m0/s1. The third kappa shape index (κ3) is 3.68. The fraction of sp³-hybridized carbons (Fsp3) is 0.0952.